The minimum absolute atomic E-state index is 0.487. The van der Waals surface area contributed by atoms with E-state index in [0.717, 1.165) is 6.42 Å². The first-order valence-electron chi connectivity index (χ1n) is 9.36. The van der Waals surface area contributed by atoms with E-state index in [-0.39, 0.29) is 0 Å². The van der Waals surface area contributed by atoms with Gasteiger partial charge in [0, 0.05) is 17.0 Å². The van der Waals surface area contributed by atoms with Gasteiger partial charge in [-0.15, -0.1) is 23.1 Å². The zero-order valence-electron chi connectivity index (χ0n) is 16.1. The van der Waals surface area contributed by atoms with Crippen molar-refractivity contribution in [2.24, 2.45) is 0 Å². The van der Waals surface area contributed by atoms with Crippen LogP contribution in [0, 0.1) is 0 Å². The van der Waals surface area contributed by atoms with Gasteiger partial charge in [0.15, 0.2) is 0 Å². The molecule has 2 aromatic heterocycles. The SMILES string of the molecule is CC(C)c1ccc(Cc2cccs2)c(SCCCCCCN(C)C)n1. The highest BCUT2D eigenvalue weighted by Crippen LogP contribution is 2.27. The quantitative estimate of drug-likeness (QED) is 0.350. The van der Waals surface area contributed by atoms with Crippen molar-refractivity contribution < 1.29 is 0 Å². The van der Waals surface area contributed by atoms with Crippen molar-refractivity contribution in [3.05, 3.63) is 45.8 Å². The number of nitrogens with zero attached hydrogens (tertiary/aromatic N) is 2. The highest BCUT2D eigenvalue weighted by atomic mass is 32.2. The van der Waals surface area contributed by atoms with E-state index in [1.165, 1.54) is 59.1 Å². The first-order chi connectivity index (χ1) is 12.1. The molecule has 0 amide bonds. The number of thiophene rings is 1. The summed E-state index contributed by atoms with van der Waals surface area (Å²) in [6.07, 6.45) is 6.26. The summed E-state index contributed by atoms with van der Waals surface area (Å²) in [5.74, 6) is 1.66. The Hall–Kier alpha value is -0.840. The fourth-order valence-corrected chi connectivity index (χ4v) is 4.48. The van der Waals surface area contributed by atoms with Crippen LogP contribution in [0.15, 0.2) is 34.7 Å². The standard InChI is InChI=1S/C21H32N2S2/c1-17(2)20-12-11-18(16-19-10-9-15-24-19)21(22-20)25-14-8-6-5-7-13-23(3)4/h9-12,15,17H,5-8,13-14,16H2,1-4H3. The minimum atomic E-state index is 0.487. The number of rotatable bonds is 11. The molecule has 2 nitrogen and oxygen atoms in total. The molecule has 2 rings (SSSR count). The smallest absolute Gasteiger partial charge is 0.0998 e. The Morgan fingerprint density at radius 3 is 2.56 bits per heavy atom. The van der Waals surface area contributed by atoms with Gasteiger partial charge in [-0.2, -0.15) is 0 Å². The van der Waals surface area contributed by atoms with Crippen LogP contribution in [0.25, 0.3) is 0 Å². The van der Waals surface area contributed by atoms with Crippen molar-refractivity contribution >= 4 is 23.1 Å². The topological polar surface area (TPSA) is 16.1 Å². The van der Waals surface area contributed by atoms with Crippen molar-refractivity contribution in [1.82, 2.24) is 9.88 Å². The zero-order chi connectivity index (χ0) is 18.1. The lowest BCUT2D eigenvalue weighted by atomic mass is 10.1. The number of aromatic nitrogens is 1. The van der Waals surface area contributed by atoms with Crippen LogP contribution in [-0.2, 0) is 6.42 Å². The number of thioether (sulfide) groups is 1. The molecule has 0 fully saturated rings. The molecule has 0 spiro atoms. The van der Waals surface area contributed by atoms with Crippen LogP contribution in [0.5, 0.6) is 0 Å². The normalized spacial score (nSPS) is 11.6. The molecule has 0 aromatic carbocycles. The second kappa shape index (κ2) is 11.0. The van der Waals surface area contributed by atoms with Crippen LogP contribution in [0.3, 0.4) is 0 Å². The maximum Gasteiger partial charge on any atom is 0.0998 e. The first-order valence-corrected chi connectivity index (χ1v) is 11.2. The van der Waals surface area contributed by atoms with Crippen molar-refractivity contribution in [2.45, 2.75) is 56.9 Å². The molecule has 4 heteroatoms. The molecule has 0 aliphatic rings. The van der Waals surface area contributed by atoms with Gasteiger partial charge >= 0.3 is 0 Å². The maximum atomic E-state index is 4.97. The molecular weight excluding hydrogens is 344 g/mol. The molecule has 0 saturated heterocycles. The largest absolute Gasteiger partial charge is 0.309 e. The third kappa shape index (κ3) is 7.51. The summed E-state index contributed by atoms with van der Waals surface area (Å²) in [6.45, 7) is 5.65. The van der Waals surface area contributed by atoms with Gasteiger partial charge in [-0.25, -0.2) is 4.98 Å². The van der Waals surface area contributed by atoms with Gasteiger partial charge in [-0.05, 0) is 68.2 Å². The van der Waals surface area contributed by atoms with E-state index in [2.05, 4.69) is 62.5 Å². The molecule has 2 aromatic rings. The molecule has 0 radical (unpaired) electrons. The van der Waals surface area contributed by atoms with Crippen molar-refractivity contribution in [3.63, 3.8) is 0 Å². The molecule has 0 atom stereocenters. The van der Waals surface area contributed by atoms with Crippen LogP contribution in [-0.4, -0.2) is 36.3 Å². The Labute approximate surface area is 162 Å². The average molecular weight is 377 g/mol. The van der Waals surface area contributed by atoms with Crippen LogP contribution in [0.4, 0.5) is 0 Å². The lowest BCUT2D eigenvalue weighted by molar-refractivity contribution is 0.391. The molecule has 0 N–H and O–H groups in total. The van der Waals surface area contributed by atoms with Crippen LogP contribution in [0.1, 0.15) is 61.6 Å². The summed E-state index contributed by atoms with van der Waals surface area (Å²) in [5, 5.41) is 3.40. The van der Waals surface area contributed by atoms with Gasteiger partial charge in [0.1, 0.15) is 0 Å². The van der Waals surface area contributed by atoms with Crippen LogP contribution in [0.2, 0.25) is 0 Å². The summed E-state index contributed by atoms with van der Waals surface area (Å²) in [4.78, 5) is 8.66. The predicted octanol–water partition coefficient (Wildman–Crippen LogP) is 6.07. The molecule has 138 valence electrons. The minimum Gasteiger partial charge on any atom is -0.309 e. The number of hydrogen-bond donors (Lipinski definition) is 0. The van der Waals surface area contributed by atoms with E-state index in [1.54, 1.807) is 0 Å². The highest BCUT2D eigenvalue weighted by Gasteiger charge is 2.10. The van der Waals surface area contributed by atoms with Gasteiger partial charge in [-0.1, -0.05) is 38.8 Å². The van der Waals surface area contributed by atoms with Crippen molar-refractivity contribution in [1.29, 1.82) is 0 Å². The van der Waals surface area contributed by atoms with Gasteiger partial charge in [0.05, 0.1) is 5.03 Å². The summed E-state index contributed by atoms with van der Waals surface area (Å²) in [6, 6.07) is 8.86. The molecule has 25 heavy (non-hydrogen) atoms. The van der Waals surface area contributed by atoms with Gasteiger partial charge in [0.25, 0.3) is 0 Å². The molecule has 2 heterocycles. The second-order valence-electron chi connectivity index (χ2n) is 7.18. The third-order valence-electron chi connectivity index (χ3n) is 4.24. The van der Waals surface area contributed by atoms with E-state index < -0.39 is 0 Å². The summed E-state index contributed by atoms with van der Waals surface area (Å²) < 4.78 is 0. The molecule has 0 saturated carbocycles. The summed E-state index contributed by atoms with van der Waals surface area (Å²) >= 11 is 3.78. The Balaban J connectivity index is 1.88. The number of hydrogen-bond acceptors (Lipinski definition) is 4. The van der Waals surface area contributed by atoms with E-state index in [4.69, 9.17) is 4.98 Å². The van der Waals surface area contributed by atoms with E-state index in [0.29, 0.717) is 5.92 Å². The Kier molecular flexibility index (Phi) is 9.00. The lowest BCUT2D eigenvalue weighted by Crippen LogP contribution is -2.12. The zero-order valence-corrected chi connectivity index (χ0v) is 17.8. The Morgan fingerprint density at radius 2 is 1.88 bits per heavy atom. The van der Waals surface area contributed by atoms with E-state index in [9.17, 15) is 0 Å². The predicted molar refractivity (Wildman–Crippen MR) is 113 cm³/mol. The number of unbranched alkanes of at least 4 members (excludes halogenated alkanes) is 3. The number of pyridine rings is 1. The fraction of sp³-hybridized carbons (Fsp3) is 0.571. The molecule has 0 aliphatic heterocycles. The van der Waals surface area contributed by atoms with E-state index in [1.807, 2.05) is 23.1 Å². The van der Waals surface area contributed by atoms with Crippen LogP contribution < -0.4 is 0 Å². The fourth-order valence-electron chi connectivity index (χ4n) is 2.72. The second-order valence-corrected chi connectivity index (χ2v) is 9.29. The average Bonchev–Trinajstić information content (AvgIpc) is 3.07. The van der Waals surface area contributed by atoms with Gasteiger partial charge in [0.2, 0.25) is 0 Å². The Bertz CT molecular complexity index is 606. The molecule has 0 bridgehead atoms. The Morgan fingerprint density at radius 1 is 1.08 bits per heavy atom. The maximum absolute atomic E-state index is 4.97. The molecular formula is C21H32N2S2. The van der Waals surface area contributed by atoms with Crippen molar-refractivity contribution in [2.75, 3.05) is 26.4 Å². The van der Waals surface area contributed by atoms with Crippen molar-refractivity contribution in [3.8, 4) is 0 Å². The summed E-state index contributed by atoms with van der Waals surface area (Å²) in [7, 11) is 4.30. The van der Waals surface area contributed by atoms with Gasteiger partial charge in [-0.3, -0.25) is 0 Å². The molecule has 0 unspecified atom stereocenters. The summed E-state index contributed by atoms with van der Waals surface area (Å²) in [5.41, 5.74) is 2.59. The van der Waals surface area contributed by atoms with Crippen LogP contribution >= 0.6 is 23.1 Å². The molecule has 0 aliphatic carbocycles. The van der Waals surface area contributed by atoms with E-state index >= 15 is 0 Å². The lowest BCUT2D eigenvalue weighted by Gasteiger charge is -2.12. The monoisotopic (exact) mass is 376 g/mol. The third-order valence-corrected chi connectivity index (χ3v) is 6.23. The van der Waals surface area contributed by atoms with Gasteiger partial charge < -0.3 is 4.90 Å². The first kappa shape index (κ1) is 20.5. The highest BCUT2D eigenvalue weighted by molar-refractivity contribution is 7.99.